The van der Waals surface area contributed by atoms with Gasteiger partial charge in [0.05, 0.1) is 12.2 Å². The predicted octanol–water partition coefficient (Wildman–Crippen LogP) is 3.06. The lowest BCUT2D eigenvalue weighted by atomic mass is 10.0. The fraction of sp³-hybridized carbons (Fsp3) is 0.143. The number of hydrogen-bond acceptors (Lipinski definition) is 3. The summed E-state index contributed by atoms with van der Waals surface area (Å²) in [6, 6.07) is 7.65. The molecule has 0 unspecified atom stereocenters. The normalized spacial score (nSPS) is 10.1. The number of hydrogen-bond donors (Lipinski definition) is 0. The summed E-state index contributed by atoms with van der Waals surface area (Å²) in [5, 5.41) is 0. The van der Waals surface area contributed by atoms with Crippen molar-refractivity contribution in [2.45, 2.75) is 6.92 Å². The number of halogens is 1. The molecule has 0 bridgehead atoms. The zero-order chi connectivity index (χ0) is 13.0. The van der Waals surface area contributed by atoms with Crippen LogP contribution in [-0.2, 0) is 4.74 Å². The van der Waals surface area contributed by atoms with Crippen LogP contribution in [0.4, 0.5) is 4.39 Å². The molecule has 1 aromatic carbocycles. The second kappa shape index (κ2) is 5.40. The molecule has 0 aliphatic heterocycles. The highest BCUT2D eigenvalue weighted by Gasteiger charge is 2.13. The van der Waals surface area contributed by atoms with Gasteiger partial charge in [0, 0.05) is 12.4 Å². The van der Waals surface area contributed by atoms with Gasteiger partial charge in [-0.1, -0.05) is 12.1 Å². The average molecular weight is 245 g/mol. The third kappa shape index (κ3) is 2.53. The van der Waals surface area contributed by atoms with E-state index in [1.54, 1.807) is 31.3 Å². The van der Waals surface area contributed by atoms with Crippen LogP contribution < -0.4 is 0 Å². The third-order valence-corrected chi connectivity index (χ3v) is 2.47. The van der Waals surface area contributed by atoms with E-state index in [9.17, 15) is 9.18 Å². The van der Waals surface area contributed by atoms with Gasteiger partial charge in [-0.25, -0.2) is 9.18 Å². The van der Waals surface area contributed by atoms with Gasteiger partial charge < -0.3 is 4.74 Å². The third-order valence-electron chi connectivity index (χ3n) is 2.47. The van der Waals surface area contributed by atoms with Crippen LogP contribution in [0.2, 0.25) is 0 Å². The number of ether oxygens (including phenoxy) is 1. The molecule has 0 spiro atoms. The van der Waals surface area contributed by atoms with Gasteiger partial charge in [-0.15, -0.1) is 0 Å². The molecule has 4 heteroatoms. The summed E-state index contributed by atoms with van der Waals surface area (Å²) in [6.45, 7) is 2.04. The van der Waals surface area contributed by atoms with Crippen molar-refractivity contribution in [1.29, 1.82) is 0 Å². The summed E-state index contributed by atoms with van der Waals surface area (Å²) in [4.78, 5) is 15.7. The number of carbonyl (C=O) groups excluding carboxylic acids is 1. The second-order valence-electron chi connectivity index (χ2n) is 3.65. The summed E-state index contributed by atoms with van der Waals surface area (Å²) in [7, 11) is 0. The van der Waals surface area contributed by atoms with Crippen LogP contribution >= 0.6 is 0 Å². The Morgan fingerprint density at radius 3 is 2.67 bits per heavy atom. The molecule has 2 rings (SSSR count). The smallest absolute Gasteiger partial charge is 0.340 e. The summed E-state index contributed by atoms with van der Waals surface area (Å²) >= 11 is 0. The maximum atomic E-state index is 12.9. The Morgan fingerprint density at radius 1 is 1.28 bits per heavy atom. The van der Waals surface area contributed by atoms with E-state index in [4.69, 9.17) is 4.74 Å². The predicted molar refractivity (Wildman–Crippen MR) is 65.6 cm³/mol. The first-order valence-corrected chi connectivity index (χ1v) is 5.59. The number of benzene rings is 1. The van der Waals surface area contributed by atoms with Gasteiger partial charge in [-0.05, 0) is 36.2 Å². The van der Waals surface area contributed by atoms with Crippen molar-refractivity contribution < 1.29 is 13.9 Å². The van der Waals surface area contributed by atoms with Crippen molar-refractivity contribution >= 4 is 5.97 Å². The first-order chi connectivity index (χ1) is 8.72. The minimum atomic E-state index is -0.426. The van der Waals surface area contributed by atoms with Gasteiger partial charge in [0.15, 0.2) is 0 Å². The highest BCUT2D eigenvalue weighted by atomic mass is 19.1. The number of esters is 1. The number of aromatic nitrogens is 1. The quantitative estimate of drug-likeness (QED) is 0.780. The van der Waals surface area contributed by atoms with E-state index in [0.29, 0.717) is 17.7 Å². The highest BCUT2D eigenvalue weighted by Crippen LogP contribution is 2.23. The van der Waals surface area contributed by atoms with Gasteiger partial charge in [-0.2, -0.15) is 0 Å². The first-order valence-electron chi connectivity index (χ1n) is 5.59. The van der Waals surface area contributed by atoms with Crippen LogP contribution in [0.25, 0.3) is 11.1 Å². The minimum Gasteiger partial charge on any atom is -0.462 e. The maximum Gasteiger partial charge on any atom is 0.340 e. The molecule has 0 fully saturated rings. The fourth-order valence-electron chi connectivity index (χ4n) is 1.65. The average Bonchev–Trinajstić information content (AvgIpc) is 2.40. The first kappa shape index (κ1) is 12.2. The number of rotatable bonds is 3. The molecular formula is C14H12FNO2. The monoisotopic (exact) mass is 245 g/mol. The van der Waals surface area contributed by atoms with Crippen molar-refractivity contribution in [2.75, 3.05) is 6.61 Å². The minimum absolute atomic E-state index is 0.302. The molecule has 3 nitrogen and oxygen atoms in total. The van der Waals surface area contributed by atoms with Crippen LogP contribution in [0.1, 0.15) is 17.3 Å². The zero-order valence-corrected chi connectivity index (χ0v) is 9.89. The molecule has 2 aromatic rings. The van der Waals surface area contributed by atoms with Gasteiger partial charge in [0.1, 0.15) is 5.82 Å². The van der Waals surface area contributed by atoms with Crippen molar-refractivity contribution in [3.63, 3.8) is 0 Å². The molecule has 0 atom stereocenters. The van der Waals surface area contributed by atoms with Crippen LogP contribution in [0.3, 0.4) is 0 Å². The second-order valence-corrected chi connectivity index (χ2v) is 3.65. The number of pyridine rings is 1. The molecule has 1 aromatic heterocycles. The Kier molecular flexibility index (Phi) is 3.67. The molecule has 0 amide bonds. The van der Waals surface area contributed by atoms with E-state index in [0.717, 1.165) is 5.56 Å². The van der Waals surface area contributed by atoms with Gasteiger partial charge >= 0.3 is 5.97 Å². The molecule has 0 aliphatic rings. The van der Waals surface area contributed by atoms with Crippen molar-refractivity contribution in [1.82, 2.24) is 4.98 Å². The summed E-state index contributed by atoms with van der Waals surface area (Å²) in [5.41, 5.74) is 1.82. The summed E-state index contributed by atoms with van der Waals surface area (Å²) in [5.74, 6) is -0.740. The number of nitrogens with zero attached hydrogens (tertiary/aromatic N) is 1. The van der Waals surface area contributed by atoms with E-state index in [1.807, 2.05) is 0 Å². The van der Waals surface area contributed by atoms with E-state index in [-0.39, 0.29) is 5.82 Å². The van der Waals surface area contributed by atoms with Gasteiger partial charge in [-0.3, -0.25) is 4.98 Å². The Labute approximate surface area is 104 Å². The van der Waals surface area contributed by atoms with Crippen LogP contribution in [0.5, 0.6) is 0 Å². The maximum absolute atomic E-state index is 12.9. The lowest BCUT2D eigenvalue weighted by Crippen LogP contribution is -2.06. The Balaban J connectivity index is 2.44. The van der Waals surface area contributed by atoms with E-state index in [1.165, 1.54) is 18.3 Å². The van der Waals surface area contributed by atoms with Crippen molar-refractivity contribution in [2.24, 2.45) is 0 Å². The Morgan fingerprint density at radius 2 is 2.00 bits per heavy atom. The fourth-order valence-corrected chi connectivity index (χ4v) is 1.65. The SMILES string of the molecule is CCOC(=O)c1cnccc1-c1ccc(F)cc1. The molecule has 18 heavy (non-hydrogen) atoms. The Hall–Kier alpha value is -2.23. The molecule has 0 aliphatic carbocycles. The van der Waals surface area contributed by atoms with Gasteiger partial charge in [0.2, 0.25) is 0 Å². The Bertz CT molecular complexity index is 552. The largest absolute Gasteiger partial charge is 0.462 e. The van der Waals surface area contributed by atoms with Crippen LogP contribution in [0, 0.1) is 5.82 Å². The lowest BCUT2D eigenvalue weighted by Gasteiger charge is -2.08. The van der Waals surface area contributed by atoms with Crippen LogP contribution in [0.15, 0.2) is 42.7 Å². The summed E-state index contributed by atoms with van der Waals surface area (Å²) in [6.07, 6.45) is 3.04. The standard InChI is InChI=1S/C14H12FNO2/c1-2-18-14(17)13-9-16-8-7-12(13)10-3-5-11(15)6-4-10/h3-9H,2H2,1H3. The van der Waals surface area contributed by atoms with E-state index < -0.39 is 5.97 Å². The molecule has 0 radical (unpaired) electrons. The topological polar surface area (TPSA) is 39.2 Å². The van der Waals surface area contributed by atoms with Crippen molar-refractivity contribution in [3.05, 3.63) is 54.1 Å². The number of carbonyl (C=O) groups is 1. The molecule has 0 N–H and O–H groups in total. The molecule has 92 valence electrons. The highest BCUT2D eigenvalue weighted by molar-refractivity contribution is 5.96. The van der Waals surface area contributed by atoms with E-state index in [2.05, 4.69) is 4.98 Å². The lowest BCUT2D eigenvalue weighted by molar-refractivity contribution is 0.0527. The van der Waals surface area contributed by atoms with Crippen molar-refractivity contribution in [3.8, 4) is 11.1 Å². The summed E-state index contributed by atoms with van der Waals surface area (Å²) < 4.78 is 17.8. The zero-order valence-electron chi connectivity index (χ0n) is 9.89. The molecule has 0 saturated carbocycles. The molecule has 1 heterocycles. The molecular weight excluding hydrogens is 233 g/mol. The van der Waals surface area contributed by atoms with E-state index >= 15 is 0 Å². The van der Waals surface area contributed by atoms with Gasteiger partial charge in [0.25, 0.3) is 0 Å². The molecule has 0 saturated heterocycles. The van der Waals surface area contributed by atoms with Crippen LogP contribution in [-0.4, -0.2) is 17.6 Å².